The van der Waals surface area contributed by atoms with Gasteiger partial charge in [-0.1, -0.05) is 30.3 Å². The Hall–Kier alpha value is -2.16. The number of urea groups is 1. The lowest BCUT2D eigenvalue weighted by Crippen LogP contribution is -2.54. The van der Waals surface area contributed by atoms with E-state index in [1.165, 1.54) is 0 Å². The highest BCUT2D eigenvalue weighted by Crippen LogP contribution is 2.36. The zero-order valence-electron chi connectivity index (χ0n) is 18.1. The van der Waals surface area contributed by atoms with Crippen molar-refractivity contribution in [3.8, 4) is 0 Å². The van der Waals surface area contributed by atoms with Crippen LogP contribution in [0.5, 0.6) is 0 Å². The Bertz CT molecular complexity index is 730. The second-order valence-corrected chi connectivity index (χ2v) is 8.58. The molecule has 1 unspecified atom stereocenters. The number of carbonyl (C=O) groups is 2. The third-order valence-electron chi connectivity index (χ3n) is 6.50. The number of piperidine rings is 1. The van der Waals surface area contributed by atoms with E-state index in [0.717, 1.165) is 31.2 Å². The predicted molar refractivity (Wildman–Crippen MR) is 115 cm³/mol. The molecule has 3 saturated heterocycles. The number of ether oxygens (including phenoxy) is 3. The smallest absolute Gasteiger partial charge is 0.317 e. The number of nitrogens with zero attached hydrogens (tertiary/aromatic N) is 2. The molecule has 31 heavy (non-hydrogen) atoms. The molecule has 1 aromatic carbocycles. The summed E-state index contributed by atoms with van der Waals surface area (Å²) in [7, 11) is 0. The number of rotatable bonds is 5. The van der Waals surface area contributed by atoms with Gasteiger partial charge in [0.2, 0.25) is 5.91 Å². The zero-order chi connectivity index (χ0) is 21.5. The molecular formula is C23H33N3O5. The van der Waals surface area contributed by atoms with Gasteiger partial charge in [0.1, 0.15) is 6.61 Å². The van der Waals surface area contributed by atoms with Crippen LogP contribution in [0.4, 0.5) is 4.79 Å². The first-order valence-corrected chi connectivity index (χ1v) is 11.3. The van der Waals surface area contributed by atoms with Crippen LogP contribution in [-0.4, -0.2) is 86.0 Å². The molecule has 3 aliphatic heterocycles. The molecule has 3 aliphatic rings. The van der Waals surface area contributed by atoms with Gasteiger partial charge < -0.3 is 29.3 Å². The topological polar surface area (TPSA) is 80.3 Å². The summed E-state index contributed by atoms with van der Waals surface area (Å²) < 4.78 is 17.4. The lowest BCUT2D eigenvalue weighted by Gasteiger charge is -2.46. The van der Waals surface area contributed by atoms with Crippen molar-refractivity contribution < 1.29 is 23.8 Å². The second kappa shape index (κ2) is 10.4. The molecule has 1 N–H and O–H groups in total. The molecule has 0 radical (unpaired) electrons. The highest BCUT2D eigenvalue weighted by atomic mass is 16.5. The number of carbonyl (C=O) groups excluding carboxylic acids is 2. The first kappa shape index (κ1) is 22.0. The average molecular weight is 432 g/mol. The molecule has 0 saturated carbocycles. The number of hydrogen-bond donors (Lipinski definition) is 1. The van der Waals surface area contributed by atoms with Crippen molar-refractivity contribution in [1.29, 1.82) is 0 Å². The van der Waals surface area contributed by atoms with E-state index in [4.69, 9.17) is 14.2 Å². The minimum atomic E-state index is -0.249. The molecule has 1 aromatic rings. The van der Waals surface area contributed by atoms with Crippen LogP contribution in [0.25, 0.3) is 0 Å². The number of benzene rings is 1. The van der Waals surface area contributed by atoms with Crippen LogP contribution < -0.4 is 5.32 Å². The monoisotopic (exact) mass is 431 g/mol. The minimum Gasteiger partial charge on any atom is -0.378 e. The maximum atomic E-state index is 12.5. The molecule has 170 valence electrons. The highest BCUT2D eigenvalue weighted by molar-refractivity contribution is 5.77. The molecule has 0 aliphatic carbocycles. The van der Waals surface area contributed by atoms with Crippen LogP contribution >= 0.6 is 0 Å². The van der Waals surface area contributed by atoms with Crippen molar-refractivity contribution in [1.82, 2.24) is 15.1 Å². The fourth-order valence-corrected chi connectivity index (χ4v) is 4.57. The summed E-state index contributed by atoms with van der Waals surface area (Å²) in [4.78, 5) is 28.6. The van der Waals surface area contributed by atoms with E-state index < -0.39 is 0 Å². The van der Waals surface area contributed by atoms with Gasteiger partial charge in [0, 0.05) is 45.8 Å². The summed E-state index contributed by atoms with van der Waals surface area (Å²) in [5.74, 6) is 0.0359. The molecule has 4 rings (SSSR count). The fourth-order valence-electron chi connectivity index (χ4n) is 4.57. The molecule has 3 heterocycles. The van der Waals surface area contributed by atoms with E-state index in [0.29, 0.717) is 52.5 Å². The van der Waals surface area contributed by atoms with Crippen LogP contribution in [0, 0.1) is 0 Å². The van der Waals surface area contributed by atoms with E-state index >= 15 is 0 Å². The van der Waals surface area contributed by atoms with Crippen molar-refractivity contribution >= 4 is 11.9 Å². The number of nitrogens with one attached hydrogen (secondary N) is 1. The standard InChI is InChI=1S/C23H33N3O5/c27-21(25-11-14-29-15-12-25)18-30-20-6-13-31-23(16-20)7-9-26(10-8-23)22(28)24-17-19-4-2-1-3-5-19/h1-5,20H,6-18H2,(H,24,28). The van der Waals surface area contributed by atoms with E-state index in [-0.39, 0.29) is 30.3 Å². The molecule has 8 heteroatoms. The first-order chi connectivity index (χ1) is 15.1. The van der Waals surface area contributed by atoms with Gasteiger partial charge in [-0.25, -0.2) is 4.79 Å². The zero-order valence-corrected chi connectivity index (χ0v) is 18.1. The number of likely N-dealkylation sites (tertiary alicyclic amines) is 1. The molecule has 1 spiro atoms. The average Bonchev–Trinajstić information content (AvgIpc) is 2.83. The Morgan fingerprint density at radius 2 is 1.77 bits per heavy atom. The van der Waals surface area contributed by atoms with Crippen molar-refractivity contribution in [3.05, 3.63) is 35.9 Å². The molecule has 3 amide bonds. The Morgan fingerprint density at radius 3 is 2.52 bits per heavy atom. The number of hydrogen-bond acceptors (Lipinski definition) is 5. The number of morpholine rings is 1. The maximum absolute atomic E-state index is 12.5. The van der Waals surface area contributed by atoms with Crippen LogP contribution in [-0.2, 0) is 25.5 Å². The van der Waals surface area contributed by atoms with Crippen molar-refractivity contribution in [2.75, 3.05) is 52.6 Å². The Labute approximate surface area is 183 Å². The molecule has 0 aromatic heterocycles. The molecule has 0 bridgehead atoms. The van der Waals surface area contributed by atoms with Gasteiger partial charge >= 0.3 is 6.03 Å². The van der Waals surface area contributed by atoms with E-state index in [9.17, 15) is 9.59 Å². The van der Waals surface area contributed by atoms with Crippen LogP contribution in [0.15, 0.2) is 30.3 Å². The molecule has 3 fully saturated rings. The van der Waals surface area contributed by atoms with Gasteiger partial charge in [0.05, 0.1) is 24.9 Å². The lowest BCUT2D eigenvalue weighted by atomic mass is 9.83. The predicted octanol–water partition coefficient (Wildman–Crippen LogP) is 1.79. The quantitative estimate of drug-likeness (QED) is 0.769. The summed E-state index contributed by atoms with van der Waals surface area (Å²) in [6.45, 7) is 5.10. The molecule has 8 nitrogen and oxygen atoms in total. The lowest BCUT2D eigenvalue weighted by molar-refractivity contribution is -0.163. The normalized spacial score (nSPS) is 23.5. The highest BCUT2D eigenvalue weighted by Gasteiger charge is 2.41. The summed E-state index contributed by atoms with van der Waals surface area (Å²) in [6, 6.07) is 9.89. The van der Waals surface area contributed by atoms with Gasteiger partial charge in [-0.3, -0.25) is 4.79 Å². The first-order valence-electron chi connectivity index (χ1n) is 11.3. The van der Waals surface area contributed by atoms with Crippen molar-refractivity contribution in [2.45, 2.75) is 43.9 Å². The Balaban J connectivity index is 1.20. The van der Waals surface area contributed by atoms with Crippen LogP contribution in [0.2, 0.25) is 0 Å². The summed E-state index contributed by atoms with van der Waals surface area (Å²) >= 11 is 0. The van der Waals surface area contributed by atoms with Gasteiger partial charge in [0.15, 0.2) is 0 Å². The van der Waals surface area contributed by atoms with E-state index in [2.05, 4.69) is 5.32 Å². The Morgan fingerprint density at radius 1 is 1.03 bits per heavy atom. The third kappa shape index (κ3) is 5.96. The van der Waals surface area contributed by atoms with Gasteiger partial charge in [-0.2, -0.15) is 0 Å². The van der Waals surface area contributed by atoms with Gasteiger partial charge in [-0.05, 0) is 24.8 Å². The van der Waals surface area contributed by atoms with Crippen LogP contribution in [0.3, 0.4) is 0 Å². The van der Waals surface area contributed by atoms with Gasteiger partial charge in [0.25, 0.3) is 0 Å². The summed E-state index contributed by atoms with van der Waals surface area (Å²) in [6.07, 6.45) is 3.20. The van der Waals surface area contributed by atoms with Crippen LogP contribution in [0.1, 0.15) is 31.2 Å². The largest absolute Gasteiger partial charge is 0.378 e. The molecule has 1 atom stereocenters. The summed E-state index contributed by atoms with van der Waals surface area (Å²) in [5, 5.41) is 3.00. The maximum Gasteiger partial charge on any atom is 0.317 e. The Kier molecular flexibility index (Phi) is 7.42. The van der Waals surface area contributed by atoms with E-state index in [1.54, 1.807) is 0 Å². The minimum absolute atomic E-state index is 0.0252. The van der Waals surface area contributed by atoms with Crippen molar-refractivity contribution in [2.24, 2.45) is 0 Å². The van der Waals surface area contributed by atoms with Gasteiger partial charge in [-0.15, -0.1) is 0 Å². The van der Waals surface area contributed by atoms with Crippen molar-refractivity contribution in [3.63, 3.8) is 0 Å². The SMILES string of the molecule is O=C(COC1CCOC2(CCN(C(=O)NCc3ccccc3)CC2)C1)N1CCOCC1. The second-order valence-electron chi connectivity index (χ2n) is 8.58. The molecular weight excluding hydrogens is 398 g/mol. The number of amides is 3. The summed E-state index contributed by atoms with van der Waals surface area (Å²) in [5.41, 5.74) is 0.841. The third-order valence-corrected chi connectivity index (χ3v) is 6.50. The van der Waals surface area contributed by atoms with E-state index in [1.807, 2.05) is 40.1 Å². The fraction of sp³-hybridized carbons (Fsp3) is 0.652.